The van der Waals surface area contributed by atoms with Gasteiger partial charge in [-0.3, -0.25) is 0 Å². The minimum absolute atomic E-state index is 0.679. The monoisotopic (exact) mass is 490 g/mol. The van der Waals surface area contributed by atoms with Crippen molar-refractivity contribution in [2.45, 2.75) is 0 Å². The van der Waals surface area contributed by atoms with Crippen LogP contribution in [0, 0.1) is 0 Å². The molecule has 8 rings (SSSR count). The highest BCUT2D eigenvalue weighted by Crippen LogP contribution is 2.31. The minimum atomic E-state index is 0.679. The van der Waals surface area contributed by atoms with E-state index in [0.717, 1.165) is 44.1 Å². The van der Waals surface area contributed by atoms with Crippen molar-refractivity contribution in [1.29, 1.82) is 0 Å². The lowest BCUT2D eigenvalue weighted by Crippen LogP contribution is -1.80. The predicted molar refractivity (Wildman–Crippen MR) is 154 cm³/mol. The molecule has 2 heterocycles. The summed E-state index contributed by atoms with van der Waals surface area (Å²) in [7, 11) is 0. The van der Waals surface area contributed by atoms with Crippen molar-refractivity contribution >= 4 is 43.7 Å². The molecule has 0 fully saturated rings. The molecule has 0 unspecified atom stereocenters. The van der Waals surface area contributed by atoms with E-state index < -0.39 is 0 Å². The second-order valence-electron chi connectivity index (χ2n) is 9.03. The van der Waals surface area contributed by atoms with Gasteiger partial charge in [-0.1, -0.05) is 97.1 Å². The molecule has 2 aromatic heterocycles. The third kappa shape index (κ3) is 3.98. The number of oxazole rings is 2. The predicted octanol–water partition coefficient (Wildman–Crippen LogP) is 9.30. The van der Waals surface area contributed by atoms with Gasteiger partial charge in [0.15, 0.2) is 11.2 Å². The molecule has 6 aromatic carbocycles. The number of nitrogens with zero attached hydrogens (tertiary/aromatic N) is 2. The number of hydrogen-bond acceptors (Lipinski definition) is 4. The van der Waals surface area contributed by atoms with Crippen molar-refractivity contribution < 1.29 is 8.83 Å². The fourth-order valence-electron chi connectivity index (χ4n) is 4.80. The second kappa shape index (κ2) is 9.34. The summed E-state index contributed by atoms with van der Waals surface area (Å²) >= 11 is 0. The van der Waals surface area contributed by atoms with Crippen molar-refractivity contribution in [2.24, 2.45) is 0 Å². The van der Waals surface area contributed by atoms with Crippen LogP contribution >= 0.6 is 0 Å². The van der Waals surface area contributed by atoms with Crippen molar-refractivity contribution in [3.05, 3.63) is 133 Å². The van der Waals surface area contributed by atoms with Gasteiger partial charge < -0.3 is 8.83 Å². The van der Waals surface area contributed by atoms with Crippen LogP contribution in [-0.4, -0.2) is 9.97 Å². The molecule has 0 spiro atoms. The van der Waals surface area contributed by atoms with Gasteiger partial charge >= 0.3 is 0 Å². The van der Waals surface area contributed by atoms with Crippen molar-refractivity contribution in [2.75, 3.05) is 0 Å². The maximum Gasteiger partial charge on any atom is 0.227 e. The van der Waals surface area contributed by atoms with Crippen LogP contribution in [0.2, 0.25) is 0 Å². The Kier molecular flexibility index (Phi) is 5.41. The van der Waals surface area contributed by atoms with E-state index >= 15 is 0 Å². The zero-order valence-corrected chi connectivity index (χ0v) is 20.4. The fourth-order valence-corrected chi connectivity index (χ4v) is 4.80. The van der Waals surface area contributed by atoms with E-state index in [1.807, 2.05) is 97.1 Å². The molecule has 8 aromatic rings. The van der Waals surface area contributed by atoms with Crippen LogP contribution in [0.3, 0.4) is 0 Å². The van der Waals surface area contributed by atoms with Crippen LogP contribution in [0.4, 0.5) is 0 Å². The van der Waals surface area contributed by atoms with Gasteiger partial charge in [0.25, 0.3) is 0 Å². The average Bonchev–Trinajstić information content (AvgIpc) is 3.61. The molecule has 180 valence electrons. The summed E-state index contributed by atoms with van der Waals surface area (Å²) < 4.78 is 11.7. The Morgan fingerprint density at radius 3 is 1.24 bits per heavy atom. The van der Waals surface area contributed by atoms with Crippen molar-refractivity contribution in [3.63, 3.8) is 0 Å². The quantitative estimate of drug-likeness (QED) is 0.242. The number of para-hydroxylation sites is 4. The molecule has 0 atom stereocenters. The van der Waals surface area contributed by atoms with Crippen LogP contribution < -0.4 is 0 Å². The second-order valence-corrected chi connectivity index (χ2v) is 9.03. The van der Waals surface area contributed by atoms with E-state index in [4.69, 9.17) is 8.83 Å². The molecule has 0 aliphatic carbocycles. The third-order valence-electron chi connectivity index (χ3n) is 6.63. The first-order valence-electron chi connectivity index (χ1n) is 12.5. The van der Waals surface area contributed by atoms with Gasteiger partial charge in [0.2, 0.25) is 11.8 Å². The Labute approximate surface area is 218 Å². The summed E-state index contributed by atoms with van der Waals surface area (Å²) in [5.74, 6) is 1.36. The zero-order chi connectivity index (χ0) is 25.3. The number of hydrogen-bond donors (Lipinski definition) is 0. The Bertz CT molecular complexity index is 1830. The standard InChI is InChI=1S/2C17H11NO/c2*1-2-8-13-12(6-1)7-5-9-14(13)17-18-15-10-3-4-11-16(15)19-17/h2*1-11H. The van der Waals surface area contributed by atoms with Gasteiger partial charge in [0.05, 0.1) is 0 Å². The largest absolute Gasteiger partial charge is 0.436 e. The molecular weight excluding hydrogens is 468 g/mol. The van der Waals surface area contributed by atoms with E-state index in [2.05, 4.69) is 46.4 Å². The molecule has 0 bridgehead atoms. The number of benzene rings is 6. The van der Waals surface area contributed by atoms with Crippen LogP contribution in [0.25, 0.3) is 66.7 Å². The van der Waals surface area contributed by atoms with Crippen LogP contribution in [0.1, 0.15) is 0 Å². The average molecular weight is 491 g/mol. The van der Waals surface area contributed by atoms with E-state index in [9.17, 15) is 0 Å². The number of aromatic nitrogens is 2. The molecule has 0 radical (unpaired) electrons. The highest BCUT2D eigenvalue weighted by Gasteiger charge is 2.11. The lowest BCUT2D eigenvalue weighted by atomic mass is 10.0. The van der Waals surface area contributed by atoms with Crippen LogP contribution in [0.5, 0.6) is 0 Å². The fraction of sp³-hybridized carbons (Fsp3) is 0. The molecule has 4 nitrogen and oxygen atoms in total. The molecule has 0 amide bonds. The minimum Gasteiger partial charge on any atom is -0.436 e. The smallest absolute Gasteiger partial charge is 0.227 e. The summed E-state index contributed by atoms with van der Waals surface area (Å²) in [6, 6.07) is 44.6. The van der Waals surface area contributed by atoms with Gasteiger partial charge in [0.1, 0.15) is 11.0 Å². The first-order valence-corrected chi connectivity index (χ1v) is 12.5. The maximum absolute atomic E-state index is 5.85. The topological polar surface area (TPSA) is 52.1 Å². The highest BCUT2D eigenvalue weighted by molar-refractivity contribution is 5.96. The van der Waals surface area contributed by atoms with E-state index in [1.165, 1.54) is 10.8 Å². The van der Waals surface area contributed by atoms with Crippen molar-refractivity contribution in [1.82, 2.24) is 9.97 Å². The lowest BCUT2D eigenvalue weighted by Gasteiger charge is -2.01. The van der Waals surface area contributed by atoms with Gasteiger partial charge in [-0.15, -0.1) is 0 Å². The third-order valence-corrected chi connectivity index (χ3v) is 6.63. The maximum atomic E-state index is 5.85. The van der Waals surface area contributed by atoms with E-state index in [1.54, 1.807) is 0 Å². The molecular formula is C34H22N2O2. The molecule has 0 saturated heterocycles. The molecule has 0 N–H and O–H groups in total. The molecule has 4 heteroatoms. The summed E-state index contributed by atoms with van der Waals surface area (Å²) in [5, 5.41) is 4.72. The van der Waals surface area contributed by atoms with Gasteiger partial charge in [-0.2, -0.15) is 0 Å². The SMILES string of the molecule is c1ccc2c(-c3nc4ccccc4o3)cccc2c1.c1ccc2c(-c3nc4ccccc4o3)cccc2c1. The first kappa shape index (κ1) is 22.0. The summed E-state index contributed by atoms with van der Waals surface area (Å²) in [4.78, 5) is 9.13. The summed E-state index contributed by atoms with van der Waals surface area (Å²) in [6.07, 6.45) is 0. The number of fused-ring (bicyclic) bond motifs is 4. The molecule has 0 aliphatic heterocycles. The van der Waals surface area contributed by atoms with Crippen molar-refractivity contribution in [3.8, 4) is 22.9 Å². The lowest BCUT2D eigenvalue weighted by molar-refractivity contribution is 0.620. The van der Waals surface area contributed by atoms with E-state index in [0.29, 0.717) is 11.8 Å². The Morgan fingerprint density at radius 1 is 0.368 bits per heavy atom. The van der Waals surface area contributed by atoms with Gasteiger partial charge in [-0.25, -0.2) is 9.97 Å². The molecule has 0 aliphatic rings. The zero-order valence-electron chi connectivity index (χ0n) is 20.4. The Morgan fingerprint density at radius 2 is 0.763 bits per heavy atom. The number of rotatable bonds is 2. The summed E-state index contributed by atoms with van der Waals surface area (Å²) in [6.45, 7) is 0. The normalized spacial score (nSPS) is 11.2. The van der Waals surface area contributed by atoms with Crippen LogP contribution in [0.15, 0.2) is 142 Å². The first-order chi connectivity index (χ1) is 18.8. The molecule has 0 saturated carbocycles. The Balaban J connectivity index is 0.000000127. The van der Waals surface area contributed by atoms with E-state index in [-0.39, 0.29) is 0 Å². The van der Waals surface area contributed by atoms with Crippen LogP contribution in [-0.2, 0) is 0 Å². The Hall–Kier alpha value is -5.22. The molecule has 38 heavy (non-hydrogen) atoms. The highest BCUT2D eigenvalue weighted by atomic mass is 16.4. The summed E-state index contributed by atoms with van der Waals surface area (Å²) in [5.41, 5.74) is 5.51. The van der Waals surface area contributed by atoms with Gasteiger partial charge in [-0.05, 0) is 57.9 Å². The van der Waals surface area contributed by atoms with Gasteiger partial charge in [0, 0.05) is 11.1 Å².